The molecule has 4 nitrogen and oxygen atoms in total. The smallest absolute Gasteiger partial charge is 0.278 e. The van der Waals surface area contributed by atoms with Crippen LogP contribution in [0.15, 0.2) is 65.5 Å². The minimum atomic E-state index is -0.161. The molecule has 1 N–H and O–H groups in total. The van der Waals surface area contributed by atoms with Gasteiger partial charge in [0.2, 0.25) is 5.88 Å². The van der Waals surface area contributed by atoms with Gasteiger partial charge in [-0.05, 0) is 37.1 Å². The quantitative estimate of drug-likeness (QED) is 0.729. The Morgan fingerprint density at radius 2 is 1.38 bits per heavy atom. The molecule has 3 aromatic rings. The van der Waals surface area contributed by atoms with Gasteiger partial charge in [-0.2, -0.15) is 0 Å². The van der Waals surface area contributed by atoms with Gasteiger partial charge in [0.05, 0.1) is 16.9 Å². The van der Waals surface area contributed by atoms with Crippen molar-refractivity contribution >= 4 is 29.6 Å². The van der Waals surface area contributed by atoms with Crippen molar-refractivity contribution in [3.63, 3.8) is 0 Å². The number of aromatic nitrogens is 2. The van der Waals surface area contributed by atoms with Crippen LogP contribution in [-0.4, -0.2) is 44.0 Å². The van der Waals surface area contributed by atoms with Gasteiger partial charge in [-0.1, -0.05) is 49.7 Å². The molecule has 0 fully saturated rings. The van der Waals surface area contributed by atoms with Gasteiger partial charge in [-0.15, -0.1) is 0 Å². The maximum Gasteiger partial charge on any atom is 0.278 e. The molecular weight excluding hydrogens is 311 g/mol. The van der Waals surface area contributed by atoms with Crippen molar-refractivity contribution in [1.29, 1.82) is 0 Å². The summed E-state index contributed by atoms with van der Waals surface area (Å²) in [7, 11) is 0. The van der Waals surface area contributed by atoms with E-state index in [-0.39, 0.29) is 41.0 Å². The van der Waals surface area contributed by atoms with Crippen LogP contribution in [0.1, 0.15) is 25.3 Å². The Hall–Kier alpha value is -1.75. The van der Waals surface area contributed by atoms with E-state index in [0.717, 1.165) is 24.2 Å². The Kier molecular flexibility index (Phi) is 6.49. The zero-order valence-corrected chi connectivity index (χ0v) is 16.1. The van der Waals surface area contributed by atoms with Crippen LogP contribution < -0.4 is 5.56 Å². The van der Waals surface area contributed by atoms with Crippen LogP contribution in [0, 0.1) is 0 Å². The van der Waals surface area contributed by atoms with E-state index in [0.29, 0.717) is 12.0 Å². The third-order valence-corrected chi connectivity index (χ3v) is 3.90. The van der Waals surface area contributed by atoms with E-state index in [2.05, 4.69) is 6.92 Å². The van der Waals surface area contributed by atoms with Crippen LogP contribution in [0.5, 0.6) is 5.88 Å². The van der Waals surface area contributed by atoms with Gasteiger partial charge in [0.1, 0.15) is 0 Å². The summed E-state index contributed by atoms with van der Waals surface area (Å²) in [6.07, 6.45) is 2.42. The molecule has 119 valence electrons. The Labute approximate surface area is 163 Å². The summed E-state index contributed by atoms with van der Waals surface area (Å²) >= 11 is 0. The van der Waals surface area contributed by atoms with E-state index < -0.39 is 0 Å². The van der Waals surface area contributed by atoms with Crippen LogP contribution in [0.25, 0.3) is 11.4 Å². The van der Waals surface area contributed by atoms with E-state index in [9.17, 15) is 9.90 Å². The summed E-state index contributed by atoms with van der Waals surface area (Å²) in [5.41, 5.74) is 1.80. The van der Waals surface area contributed by atoms with E-state index in [1.165, 1.54) is 4.68 Å². The van der Waals surface area contributed by atoms with Gasteiger partial charge in [0.25, 0.3) is 5.56 Å². The number of rotatable bonds is 5. The van der Waals surface area contributed by atoms with Crippen LogP contribution >= 0.6 is 0 Å². The van der Waals surface area contributed by atoms with E-state index in [4.69, 9.17) is 0 Å². The fourth-order valence-corrected chi connectivity index (χ4v) is 2.72. The first kappa shape index (κ1) is 18.6. The van der Waals surface area contributed by atoms with Crippen LogP contribution in [0.3, 0.4) is 0 Å². The molecule has 0 unspecified atom stereocenters. The monoisotopic (exact) mass is 331 g/mol. The number of nitrogens with zero attached hydrogens (tertiary/aromatic N) is 2. The molecule has 2 aromatic carbocycles. The Balaban J connectivity index is 0.00000208. The second-order valence-corrected chi connectivity index (χ2v) is 5.51. The number of aromatic hydroxyl groups is 1. The molecule has 0 aliphatic rings. The second-order valence-electron chi connectivity index (χ2n) is 5.51. The fourth-order valence-electron chi connectivity index (χ4n) is 2.72. The van der Waals surface area contributed by atoms with Crippen LogP contribution in [0.2, 0.25) is 0 Å². The third kappa shape index (κ3) is 3.51. The number of benzene rings is 2. The van der Waals surface area contributed by atoms with Gasteiger partial charge >= 0.3 is 0 Å². The molecule has 0 amide bonds. The van der Waals surface area contributed by atoms with E-state index in [1.807, 2.05) is 60.7 Å². The summed E-state index contributed by atoms with van der Waals surface area (Å²) in [6, 6.07) is 18.8. The van der Waals surface area contributed by atoms with Crippen molar-refractivity contribution in [2.45, 2.75) is 26.2 Å². The van der Waals surface area contributed by atoms with Crippen molar-refractivity contribution in [2.75, 3.05) is 0 Å². The SMILES string of the molecule is CCCCc1c(O)n(-c2ccccc2)n(-c2ccccc2)c1=O.[Na]. The van der Waals surface area contributed by atoms with Crippen LogP contribution in [-0.2, 0) is 6.42 Å². The van der Waals surface area contributed by atoms with Crippen molar-refractivity contribution in [3.8, 4) is 17.3 Å². The number of hydrogen-bond acceptors (Lipinski definition) is 2. The zero-order valence-electron chi connectivity index (χ0n) is 14.1. The topological polar surface area (TPSA) is 47.2 Å². The molecule has 3 rings (SSSR count). The molecular formula is C19H20N2NaO2. The third-order valence-electron chi connectivity index (χ3n) is 3.90. The van der Waals surface area contributed by atoms with Gasteiger partial charge in [0, 0.05) is 29.6 Å². The predicted octanol–water partition coefficient (Wildman–Crippen LogP) is 3.30. The fraction of sp³-hybridized carbons (Fsp3) is 0.211. The van der Waals surface area contributed by atoms with Crippen molar-refractivity contribution in [3.05, 3.63) is 76.6 Å². The average Bonchev–Trinajstić information content (AvgIpc) is 2.85. The molecule has 1 aromatic heterocycles. The molecule has 0 saturated heterocycles. The second kappa shape index (κ2) is 8.38. The normalized spacial score (nSPS) is 10.4. The van der Waals surface area contributed by atoms with Crippen molar-refractivity contribution < 1.29 is 5.11 Å². The molecule has 5 heteroatoms. The molecule has 0 bridgehead atoms. The van der Waals surface area contributed by atoms with E-state index >= 15 is 0 Å². The Morgan fingerprint density at radius 3 is 1.88 bits per heavy atom. The van der Waals surface area contributed by atoms with E-state index in [1.54, 1.807) is 4.68 Å². The van der Waals surface area contributed by atoms with Gasteiger partial charge in [-0.25, -0.2) is 9.36 Å². The molecule has 0 spiro atoms. The number of unbranched alkanes of at least 4 members (excludes halogenated alkanes) is 1. The van der Waals surface area contributed by atoms with Gasteiger partial charge in [-0.3, -0.25) is 4.79 Å². The van der Waals surface area contributed by atoms with Gasteiger partial charge < -0.3 is 5.11 Å². The molecule has 0 saturated carbocycles. The molecule has 1 radical (unpaired) electrons. The molecule has 0 aliphatic heterocycles. The summed E-state index contributed by atoms with van der Waals surface area (Å²) in [6.45, 7) is 2.07. The molecule has 24 heavy (non-hydrogen) atoms. The Bertz CT molecular complexity index is 839. The summed E-state index contributed by atoms with van der Waals surface area (Å²) in [5, 5.41) is 10.7. The average molecular weight is 331 g/mol. The minimum Gasteiger partial charge on any atom is -0.493 e. The number of para-hydroxylation sites is 2. The van der Waals surface area contributed by atoms with Crippen molar-refractivity contribution in [1.82, 2.24) is 9.36 Å². The summed E-state index contributed by atoms with van der Waals surface area (Å²) < 4.78 is 3.12. The predicted molar refractivity (Wildman–Crippen MR) is 97.4 cm³/mol. The summed E-state index contributed by atoms with van der Waals surface area (Å²) in [4.78, 5) is 12.9. The summed E-state index contributed by atoms with van der Waals surface area (Å²) in [5.74, 6) is 0.0264. The largest absolute Gasteiger partial charge is 0.493 e. The minimum absolute atomic E-state index is 0. The zero-order chi connectivity index (χ0) is 16.2. The molecule has 0 aliphatic carbocycles. The molecule has 0 atom stereocenters. The van der Waals surface area contributed by atoms with Crippen molar-refractivity contribution in [2.24, 2.45) is 0 Å². The first-order valence-corrected chi connectivity index (χ1v) is 7.90. The first-order chi connectivity index (χ1) is 11.2. The van der Waals surface area contributed by atoms with Gasteiger partial charge in [0.15, 0.2) is 0 Å². The Morgan fingerprint density at radius 1 is 0.875 bits per heavy atom. The maximum atomic E-state index is 12.9. The number of hydrogen-bond donors (Lipinski definition) is 1. The maximum absolute atomic E-state index is 12.9. The standard InChI is InChI=1S/C19H20N2O2.Na/c1-2-3-14-17-18(22)20(15-10-6-4-7-11-15)21(19(17)23)16-12-8-5-9-13-16;/h4-13,22H,2-3,14H2,1H3;. The first-order valence-electron chi connectivity index (χ1n) is 7.90. The molecule has 1 heterocycles. The van der Waals surface area contributed by atoms with Crippen LogP contribution in [0.4, 0.5) is 0 Å².